The Kier molecular flexibility index (Phi) is 2.06. The number of hydrogen-bond donors (Lipinski definition) is 0. The molecule has 2 heterocycles. The van der Waals surface area contributed by atoms with Crippen molar-refractivity contribution in [1.82, 2.24) is 9.97 Å². The molecule has 0 fully saturated rings. The average molecular weight is 194 g/mol. The van der Waals surface area contributed by atoms with Crippen LogP contribution >= 0.6 is 11.3 Å². The molecule has 0 radical (unpaired) electrons. The molecule has 0 aromatic carbocycles. The van der Waals surface area contributed by atoms with Gasteiger partial charge in [-0.1, -0.05) is 0 Å². The van der Waals surface area contributed by atoms with Gasteiger partial charge in [0.05, 0.1) is 5.01 Å². The van der Waals surface area contributed by atoms with Gasteiger partial charge in [-0.2, -0.15) is 0 Å². The largest absolute Gasteiger partial charge is 0.251 e. The van der Waals surface area contributed by atoms with Gasteiger partial charge in [0.1, 0.15) is 11.4 Å². The fourth-order valence-electron chi connectivity index (χ4n) is 1.05. The van der Waals surface area contributed by atoms with Crippen molar-refractivity contribution in [1.29, 1.82) is 0 Å². The Morgan fingerprint density at radius 3 is 2.92 bits per heavy atom. The van der Waals surface area contributed by atoms with Gasteiger partial charge >= 0.3 is 0 Å². The highest BCUT2D eigenvalue weighted by molar-refractivity contribution is 7.09. The Bertz CT molecular complexity index is 425. The van der Waals surface area contributed by atoms with Gasteiger partial charge in [-0.25, -0.2) is 9.37 Å². The van der Waals surface area contributed by atoms with E-state index in [2.05, 4.69) is 9.97 Å². The summed E-state index contributed by atoms with van der Waals surface area (Å²) in [6.07, 6.45) is 1.56. The maximum atomic E-state index is 13.2. The van der Waals surface area contributed by atoms with Crippen LogP contribution in [0.3, 0.4) is 0 Å². The molecule has 0 saturated carbocycles. The number of rotatable bonds is 1. The molecule has 0 aliphatic heterocycles. The topological polar surface area (TPSA) is 25.8 Å². The summed E-state index contributed by atoms with van der Waals surface area (Å²) in [7, 11) is 0. The number of aromatic nitrogens is 2. The molecule has 0 amide bonds. The van der Waals surface area contributed by atoms with Crippen molar-refractivity contribution in [3.63, 3.8) is 0 Å². The number of hydrogen-bond acceptors (Lipinski definition) is 3. The molecular weight excluding hydrogens is 187 g/mol. The number of halogens is 1. The van der Waals surface area contributed by atoms with Gasteiger partial charge in [0.2, 0.25) is 0 Å². The van der Waals surface area contributed by atoms with E-state index in [1.54, 1.807) is 17.6 Å². The van der Waals surface area contributed by atoms with Crippen LogP contribution in [-0.2, 0) is 0 Å². The summed E-state index contributed by atoms with van der Waals surface area (Å²) in [5.41, 5.74) is 0.937. The van der Waals surface area contributed by atoms with Crippen LogP contribution in [0.25, 0.3) is 11.4 Å². The minimum Gasteiger partial charge on any atom is -0.251 e. The summed E-state index contributed by atoms with van der Waals surface area (Å²) < 4.78 is 13.2. The van der Waals surface area contributed by atoms with E-state index >= 15 is 0 Å². The lowest BCUT2D eigenvalue weighted by Crippen LogP contribution is -1.87. The second-order valence-electron chi connectivity index (χ2n) is 2.59. The van der Waals surface area contributed by atoms with Crippen LogP contribution in [-0.4, -0.2) is 9.97 Å². The molecule has 2 rings (SSSR count). The van der Waals surface area contributed by atoms with E-state index < -0.39 is 0 Å². The fraction of sp³-hybridized carbons (Fsp3) is 0.111. The smallest absolute Gasteiger partial charge is 0.151 e. The van der Waals surface area contributed by atoms with Crippen molar-refractivity contribution in [2.24, 2.45) is 0 Å². The fourth-order valence-corrected chi connectivity index (χ4v) is 1.64. The van der Waals surface area contributed by atoms with Crippen LogP contribution < -0.4 is 0 Å². The van der Waals surface area contributed by atoms with Crippen molar-refractivity contribution < 1.29 is 4.39 Å². The van der Waals surface area contributed by atoms with E-state index in [9.17, 15) is 4.39 Å². The highest BCUT2D eigenvalue weighted by atomic mass is 32.1. The van der Waals surface area contributed by atoms with E-state index in [0.717, 1.165) is 5.01 Å². The molecule has 2 nitrogen and oxygen atoms in total. The Balaban J connectivity index is 2.52. The zero-order valence-electron chi connectivity index (χ0n) is 6.99. The Hall–Kier alpha value is -1.29. The summed E-state index contributed by atoms with van der Waals surface area (Å²) in [4.78, 5) is 8.09. The first kappa shape index (κ1) is 8.31. The molecule has 0 atom stereocenters. The third-order valence-electron chi connectivity index (χ3n) is 1.62. The second kappa shape index (κ2) is 3.22. The van der Waals surface area contributed by atoms with Gasteiger partial charge in [0, 0.05) is 11.6 Å². The Labute approximate surface area is 79.1 Å². The van der Waals surface area contributed by atoms with Crippen molar-refractivity contribution in [3.05, 3.63) is 34.5 Å². The van der Waals surface area contributed by atoms with Crippen molar-refractivity contribution >= 4 is 11.3 Å². The molecule has 0 aliphatic rings. The molecule has 4 heteroatoms. The molecule has 66 valence electrons. The number of pyridine rings is 1. The summed E-state index contributed by atoms with van der Waals surface area (Å²) in [6.45, 7) is 1.88. The number of aryl methyl sites for hydroxylation is 1. The van der Waals surface area contributed by atoms with Gasteiger partial charge in [0.15, 0.2) is 5.82 Å². The van der Waals surface area contributed by atoms with Gasteiger partial charge in [-0.3, -0.25) is 4.98 Å². The zero-order valence-corrected chi connectivity index (χ0v) is 7.81. The summed E-state index contributed by atoms with van der Waals surface area (Å²) in [6, 6.07) is 2.95. The van der Waals surface area contributed by atoms with Crippen LogP contribution in [0.2, 0.25) is 0 Å². The minimum atomic E-state index is -0.326. The predicted octanol–water partition coefficient (Wildman–Crippen LogP) is 2.65. The van der Waals surface area contributed by atoms with E-state index in [0.29, 0.717) is 11.4 Å². The first-order chi connectivity index (χ1) is 6.27. The van der Waals surface area contributed by atoms with Gasteiger partial charge in [-0.05, 0) is 19.1 Å². The van der Waals surface area contributed by atoms with Crippen LogP contribution in [0.5, 0.6) is 0 Å². The first-order valence-electron chi connectivity index (χ1n) is 3.80. The van der Waals surface area contributed by atoms with Crippen LogP contribution in [0.15, 0.2) is 23.7 Å². The summed E-state index contributed by atoms with van der Waals surface area (Å²) in [5, 5.41) is 2.72. The summed E-state index contributed by atoms with van der Waals surface area (Å²) in [5.74, 6) is -0.326. The third kappa shape index (κ3) is 1.58. The van der Waals surface area contributed by atoms with Crippen molar-refractivity contribution in [3.8, 4) is 11.4 Å². The average Bonchev–Trinajstić information content (AvgIpc) is 2.53. The molecule has 13 heavy (non-hydrogen) atoms. The molecule has 0 unspecified atom stereocenters. The normalized spacial score (nSPS) is 10.3. The van der Waals surface area contributed by atoms with E-state index in [1.807, 2.05) is 6.92 Å². The monoisotopic (exact) mass is 194 g/mol. The molecule has 0 aliphatic carbocycles. The quantitative estimate of drug-likeness (QED) is 0.697. The lowest BCUT2D eigenvalue weighted by Gasteiger charge is -1.95. The molecule has 2 aromatic heterocycles. The maximum Gasteiger partial charge on any atom is 0.151 e. The van der Waals surface area contributed by atoms with Crippen molar-refractivity contribution in [2.75, 3.05) is 0 Å². The van der Waals surface area contributed by atoms with Gasteiger partial charge in [0.25, 0.3) is 0 Å². The zero-order chi connectivity index (χ0) is 9.26. The van der Waals surface area contributed by atoms with Crippen LogP contribution in [0, 0.1) is 12.7 Å². The second-order valence-corrected chi connectivity index (χ2v) is 3.65. The first-order valence-corrected chi connectivity index (χ1v) is 4.68. The van der Waals surface area contributed by atoms with E-state index in [1.165, 1.54) is 17.4 Å². The molecule has 0 saturated heterocycles. The van der Waals surface area contributed by atoms with E-state index in [-0.39, 0.29) is 5.82 Å². The predicted molar refractivity (Wildman–Crippen MR) is 50.0 cm³/mol. The molecule has 0 bridgehead atoms. The highest BCUT2D eigenvalue weighted by Gasteiger charge is 2.07. The minimum absolute atomic E-state index is 0.326. The highest BCUT2D eigenvalue weighted by Crippen LogP contribution is 2.21. The van der Waals surface area contributed by atoms with Gasteiger partial charge in [-0.15, -0.1) is 11.3 Å². The lowest BCUT2D eigenvalue weighted by molar-refractivity contribution is 0.625. The van der Waals surface area contributed by atoms with E-state index in [4.69, 9.17) is 0 Å². The SMILES string of the molecule is Cc1nc(-c2ncccc2F)cs1. The van der Waals surface area contributed by atoms with Crippen LogP contribution in [0.4, 0.5) is 4.39 Å². The van der Waals surface area contributed by atoms with Crippen LogP contribution in [0.1, 0.15) is 5.01 Å². The molecule has 0 spiro atoms. The number of nitrogens with zero attached hydrogens (tertiary/aromatic N) is 2. The molecular formula is C9H7FN2S. The number of thiazole rings is 1. The maximum absolute atomic E-state index is 13.2. The third-order valence-corrected chi connectivity index (χ3v) is 2.39. The Morgan fingerprint density at radius 2 is 2.31 bits per heavy atom. The van der Waals surface area contributed by atoms with Gasteiger partial charge < -0.3 is 0 Å². The standard InChI is InChI=1S/C9H7FN2S/c1-6-12-8(5-13-6)9-7(10)3-2-4-11-9/h2-5H,1H3. The summed E-state index contributed by atoms with van der Waals surface area (Å²) >= 11 is 1.49. The van der Waals surface area contributed by atoms with Crippen molar-refractivity contribution in [2.45, 2.75) is 6.92 Å². The molecule has 0 N–H and O–H groups in total. The lowest BCUT2D eigenvalue weighted by atomic mass is 10.3. The Morgan fingerprint density at radius 1 is 1.46 bits per heavy atom. The molecule has 2 aromatic rings.